The van der Waals surface area contributed by atoms with Crippen LogP contribution >= 0.6 is 0 Å². The van der Waals surface area contributed by atoms with Crippen LogP contribution < -0.4 is 5.56 Å². The van der Waals surface area contributed by atoms with Gasteiger partial charge < -0.3 is 14.7 Å². The summed E-state index contributed by atoms with van der Waals surface area (Å²) >= 11 is 0. The van der Waals surface area contributed by atoms with Crippen molar-refractivity contribution < 1.29 is 27.8 Å². The van der Waals surface area contributed by atoms with Crippen molar-refractivity contribution >= 4 is 6.09 Å². The van der Waals surface area contributed by atoms with Crippen LogP contribution in [0.25, 0.3) is 0 Å². The molecule has 11 heteroatoms. The van der Waals surface area contributed by atoms with Gasteiger partial charge >= 0.3 is 12.3 Å². The highest BCUT2D eigenvalue weighted by Gasteiger charge is 2.33. The molecule has 33 heavy (non-hydrogen) atoms. The van der Waals surface area contributed by atoms with Gasteiger partial charge in [-0.1, -0.05) is 18.2 Å². The molecular weight excluding hydrogens is 441 g/mol. The van der Waals surface area contributed by atoms with Gasteiger partial charge in [0, 0.05) is 32.7 Å². The molecule has 0 radical (unpaired) electrons. The Morgan fingerprint density at radius 1 is 1.09 bits per heavy atom. The number of piperazine rings is 1. The molecule has 1 aliphatic heterocycles. The standard InChI is InChI=1S/C22H27F3N4O4/c1-21(2,3)33-20(32)28-10-8-27(9-11-28)13-17-18(30)19(31)29(14-26-17)12-15-6-4-5-7-16(15)22(23,24)25/h4-7,14,30H,8-13H2,1-3H3. The maximum absolute atomic E-state index is 13.2. The molecule has 0 spiro atoms. The second-order valence-electron chi connectivity index (χ2n) is 8.87. The summed E-state index contributed by atoms with van der Waals surface area (Å²) in [5.41, 5.74) is -2.22. The van der Waals surface area contributed by atoms with E-state index in [4.69, 9.17) is 4.74 Å². The first-order valence-electron chi connectivity index (χ1n) is 10.5. The number of carbonyl (C=O) groups excluding carboxylic acids is 1. The van der Waals surface area contributed by atoms with E-state index in [0.717, 1.165) is 17.0 Å². The van der Waals surface area contributed by atoms with Crippen LogP contribution in [0.3, 0.4) is 0 Å². The summed E-state index contributed by atoms with van der Waals surface area (Å²) in [6.45, 7) is 6.98. The van der Waals surface area contributed by atoms with Gasteiger partial charge in [0.2, 0.25) is 5.75 Å². The van der Waals surface area contributed by atoms with Crippen LogP contribution in [0, 0.1) is 0 Å². The van der Waals surface area contributed by atoms with Crippen LogP contribution in [0.1, 0.15) is 37.6 Å². The lowest BCUT2D eigenvalue weighted by atomic mass is 10.1. The molecule has 1 saturated heterocycles. The predicted octanol–water partition coefficient (Wildman–Crippen LogP) is 3.07. The summed E-state index contributed by atoms with van der Waals surface area (Å²) in [4.78, 5) is 32.4. The minimum atomic E-state index is -4.56. The van der Waals surface area contributed by atoms with Gasteiger partial charge in [-0.25, -0.2) is 9.78 Å². The Bertz CT molecular complexity index is 1050. The van der Waals surface area contributed by atoms with Crippen molar-refractivity contribution in [2.75, 3.05) is 26.2 Å². The molecule has 0 bridgehead atoms. The zero-order chi connectivity index (χ0) is 24.4. The number of amides is 1. The molecule has 180 valence electrons. The lowest BCUT2D eigenvalue weighted by Crippen LogP contribution is -2.49. The van der Waals surface area contributed by atoms with Gasteiger partial charge in [0.25, 0.3) is 5.56 Å². The first-order chi connectivity index (χ1) is 15.3. The number of benzene rings is 1. The third-order valence-corrected chi connectivity index (χ3v) is 5.15. The first kappa shape index (κ1) is 24.6. The SMILES string of the molecule is CC(C)(C)OC(=O)N1CCN(Cc2ncn(Cc3ccccc3C(F)(F)F)c(=O)c2O)CC1. The second kappa shape index (κ2) is 9.42. The number of ether oxygens (including phenoxy) is 1. The summed E-state index contributed by atoms with van der Waals surface area (Å²) in [5.74, 6) is -0.600. The van der Waals surface area contributed by atoms with Gasteiger partial charge in [0.15, 0.2) is 0 Å². The van der Waals surface area contributed by atoms with E-state index in [2.05, 4.69) is 4.98 Å². The van der Waals surface area contributed by atoms with Crippen LogP contribution in [0.4, 0.5) is 18.0 Å². The fraction of sp³-hybridized carbons (Fsp3) is 0.500. The molecule has 1 aliphatic rings. The van der Waals surface area contributed by atoms with E-state index in [1.807, 2.05) is 4.90 Å². The van der Waals surface area contributed by atoms with Crippen molar-refractivity contribution in [2.24, 2.45) is 0 Å². The Morgan fingerprint density at radius 3 is 2.33 bits per heavy atom. The number of aromatic nitrogens is 2. The van der Waals surface area contributed by atoms with E-state index < -0.39 is 34.7 Å². The largest absolute Gasteiger partial charge is 0.502 e. The van der Waals surface area contributed by atoms with Crippen LogP contribution in [0.5, 0.6) is 5.75 Å². The topological polar surface area (TPSA) is 87.9 Å². The van der Waals surface area contributed by atoms with Gasteiger partial charge in [-0.3, -0.25) is 14.3 Å². The number of aromatic hydroxyl groups is 1. The number of hydrogen-bond acceptors (Lipinski definition) is 6. The number of hydrogen-bond donors (Lipinski definition) is 1. The Balaban J connectivity index is 1.67. The summed E-state index contributed by atoms with van der Waals surface area (Å²) in [7, 11) is 0. The summed E-state index contributed by atoms with van der Waals surface area (Å²) in [5, 5.41) is 10.4. The summed E-state index contributed by atoms with van der Waals surface area (Å²) in [6, 6.07) is 4.95. The Kier molecular flexibility index (Phi) is 7.01. The highest BCUT2D eigenvalue weighted by molar-refractivity contribution is 5.68. The second-order valence-corrected chi connectivity index (χ2v) is 8.87. The average molecular weight is 468 g/mol. The maximum Gasteiger partial charge on any atom is 0.416 e. The Morgan fingerprint density at radius 2 is 1.73 bits per heavy atom. The monoisotopic (exact) mass is 468 g/mol. The molecule has 1 aromatic carbocycles. The quantitative estimate of drug-likeness (QED) is 0.742. The minimum absolute atomic E-state index is 0.0979. The Labute approximate surface area is 189 Å². The lowest BCUT2D eigenvalue weighted by Gasteiger charge is -2.35. The molecule has 1 fully saturated rings. The fourth-order valence-electron chi connectivity index (χ4n) is 3.49. The molecular formula is C22H27F3N4O4. The molecule has 1 N–H and O–H groups in total. The molecule has 0 aliphatic carbocycles. The number of nitrogens with zero attached hydrogens (tertiary/aromatic N) is 4. The third-order valence-electron chi connectivity index (χ3n) is 5.15. The smallest absolute Gasteiger partial charge is 0.416 e. The minimum Gasteiger partial charge on any atom is -0.502 e. The van der Waals surface area contributed by atoms with E-state index >= 15 is 0 Å². The van der Waals surface area contributed by atoms with Gasteiger partial charge in [0.1, 0.15) is 11.3 Å². The van der Waals surface area contributed by atoms with Gasteiger partial charge in [-0.2, -0.15) is 13.2 Å². The van der Waals surface area contributed by atoms with Crippen LogP contribution in [0.2, 0.25) is 0 Å². The fourth-order valence-corrected chi connectivity index (χ4v) is 3.49. The van der Waals surface area contributed by atoms with Crippen LogP contribution in [-0.4, -0.2) is 62.3 Å². The van der Waals surface area contributed by atoms with Crippen molar-refractivity contribution in [1.29, 1.82) is 0 Å². The zero-order valence-corrected chi connectivity index (χ0v) is 18.7. The number of halogens is 3. The van der Waals surface area contributed by atoms with E-state index in [-0.39, 0.29) is 24.3 Å². The highest BCUT2D eigenvalue weighted by atomic mass is 19.4. The molecule has 1 aromatic heterocycles. The first-order valence-corrected chi connectivity index (χ1v) is 10.5. The van der Waals surface area contributed by atoms with Crippen LogP contribution in [-0.2, 0) is 24.0 Å². The molecule has 3 rings (SSSR count). The molecule has 2 aromatic rings. The van der Waals surface area contributed by atoms with Gasteiger partial charge in [-0.05, 0) is 32.4 Å². The van der Waals surface area contributed by atoms with Gasteiger partial charge in [-0.15, -0.1) is 0 Å². The normalized spacial score (nSPS) is 15.5. The van der Waals surface area contributed by atoms with Crippen molar-refractivity contribution in [1.82, 2.24) is 19.4 Å². The van der Waals surface area contributed by atoms with Crippen molar-refractivity contribution in [3.05, 3.63) is 57.8 Å². The molecule has 2 heterocycles. The maximum atomic E-state index is 13.2. The molecule has 0 atom stereocenters. The van der Waals surface area contributed by atoms with E-state index in [1.54, 1.807) is 25.7 Å². The van der Waals surface area contributed by atoms with Gasteiger partial charge in [0.05, 0.1) is 18.4 Å². The van der Waals surface area contributed by atoms with Crippen LogP contribution in [0.15, 0.2) is 35.4 Å². The van der Waals surface area contributed by atoms with Crippen molar-refractivity contribution in [3.8, 4) is 5.75 Å². The van der Waals surface area contributed by atoms with E-state index in [1.165, 1.54) is 18.2 Å². The average Bonchev–Trinajstić information content (AvgIpc) is 2.72. The highest BCUT2D eigenvalue weighted by Crippen LogP contribution is 2.32. The van der Waals surface area contributed by atoms with E-state index in [0.29, 0.717) is 26.2 Å². The lowest BCUT2D eigenvalue weighted by molar-refractivity contribution is -0.138. The number of carbonyl (C=O) groups is 1. The molecule has 1 amide bonds. The predicted molar refractivity (Wildman–Crippen MR) is 114 cm³/mol. The summed E-state index contributed by atoms with van der Waals surface area (Å²) in [6.07, 6.45) is -3.82. The Hall–Kier alpha value is -3.08. The molecule has 0 saturated carbocycles. The number of rotatable bonds is 4. The van der Waals surface area contributed by atoms with E-state index in [9.17, 15) is 27.9 Å². The number of alkyl halides is 3. The zero-order valence-electron chi connectivity index (χ0n) is 18.7. The molecule has 8 nitrogen and oxygen atoms in total. The third kappa shape index (κ3) is 6.25. The van der Waals surface area contributed by atoms with Crippen molar-refractivity contribution in [3.63, 3.8) is 0 Å². The molecule has 0 unspecified atom stereocenters. The van der Waals surface area contributed by atoms with Crippen molar-refractivity contribution in [2.45, 2.75) is 45.6 Å². The summed E-state index contributed by atoms with van der Waals surface area (Å²) < 4.78 is 46.0.